The topological polar surface area (TPSA) is 124 Å². The number of nitrogens with zero attached hydrogens (tertiary/aromatic N) is 2. The highest BCUT2D eigenvalue weighted by atomic mass is 32.1. The van der Waals surface area contributed by atoms with Crippen molar-refractivity contribution in [3.8, 4) is 17.6 Å². The zero-order chi connectivity index (χ0) is 20.1. The van der Waals surface area contributed by atoms with Gasteiger partial charge in [0.25, 0.3) is 0 Å². The van der Waals surface area contributed by atoms with Crippen LogP contribution in [0.1, 0.15) is 34.4 Å². The van der Waals surface area contributed by atoms with Gasteiger partial charge in [0.1, 0.15) is 11.1 Å². The monoisotopic (exact) mass is 398 g/mol. The average molecular weight is 398 g/mol. The lowest BCUT2D eigenvalue weighted by atomic mass is 9.96. The van der Waals surface area contributed by atoms with Crippen LogP contribution < -0.4 is 15.5 Å². The van der Waals surface area contributed by atoms with E-state index in [-0.39, 0.29) is 11.5 Å². The summed E-state index contributed by atoms with van der Waals surface area (Å²) in [4.78, 5) is 25.2. The first-order chi connectivity index (χ1) is 13.5. The molecule has 0 radical (unpaired) electrons. The van der Waals surface area contributed by atoms with Gasteiger partial charge in [-0.15, -0.1) is 11.3 Å². The van der Waals surface area contributed by atoms with E-state index in [0.717, 1.165) is 36.1 Å². The van der Waals surface area contributed by atoms with Crippen molar-refractivity contribution in [1.82, 2.24) is 5.43 Å². The predicted octanol–water partition coefficient (Wildman–Crippen LogP) is 2.30. The summed E-state index contributed by atoms with van der Waals surface area (Å²) in [6, 6.07) is 6.66. The maximum absolute atomic E-state index is 12.1. The van der Waals surface area contributed by atoms with Crippen LogP contribution in [0.3, 0.4) is 0 Å². The van der Waals surface area contributed by atoms with Gasteiger partial charge in [-0.05, 0) is 55.0 Å². The number of ether oxygens (including phenoxy) is 1. The molecule has 0 aliphatic heterocycles. The van der Waals surface area contributed by atoms with Crippen LogP contribution in [0.4, 0.5) is 5.00 Å². The molecule has 1 aliphatic carbocycles. The van der Waals surface area contributed by atoms with E-state index in [1.165, 1.54) is 36.8 Å². The number of nitriles is 1. The highest BCUT2D eigenvalue weighted by Crippen LogP contribution is 2.37. The van der Waals surface area contributed by atoms with Gasteiger partial charge >= 0.3 is 11.8 Å². The number of phenolic OH excluding ortho intramolecular Hbond substituents is 1. The molecule has 0 bridgehead atoms. The van der Waals surface area contributed by atoms with Crippen LogP contribution in [0.5, 0.6) is 11.5 Å². The van der Waals surface area contributed by atoms with E-state index in [1.807, 2.05) is 0 Å². The lowest BCUT2D eigenvalue weighted by Crippen LogP contribution is -2.32. The van der Waals surface area contributed by atoms with E-state index in [9.17, 15) is 20.0 Å². The van der Waals surface area contributed by atoms with E-state index < -0.39 is 11.8 Å². The number of aromatic hydroxyl groups is 1. The summed E-state index contributed by atoms with van der Waals surface area (Å²) in [5, 5.41) is 25.6. The Bertz CT molecular complexity index is 991. The van der Waals surface area contributed by atoms with E-state index in [2.05, 4.69) is 21.9 Å². The standard InChI is InChI=1S/C19H18N4O4S/c1-27-15-8-11(6-7-14(15)24)10-21-23-18(26)17(25)22-19-13(9-20)12-4-2-3-5-16(12)28-19/h6-8,10,24H,2-5H2,1H3,(H,22,25)(H,23,26)/b21-10+. The van der Waals surface area contributed by atoms with Crippen LogP contribution in [0.15, 0.2) is 23.3 Å². The first-order valence-electron chi connectivity index (χ1n) is 8.59. The number of thiophene rings is 1. The van der Waals surface area contributed by atoms with Gasteiger partial charge in [-0.3, -0.25) is 9.59 Å². The Morgan fingerprint density at radius 1 is 1.32 bits per heavy atom. The average Bonchev–Trinajstić information content (AvgIpc) is 3.05. The number of anilines is 1. The number of carbonyl (C=O) groups is 2. The Hall–Kier alpha value is -3.38. The minimum absolute atomic E-state index is 0.0185. The third kappa shape index (κ3) is 4.13. The molecule has 0 saturated heterocycles. The summed E-state index contributed by atoms with van der Waals surface area (Å²) in [7, 11) is 1.42. The second-order valence-corrected chi connectivity index (χ2v) is 7.22. The molecule has 2 amide bonds. The Kier molecular flexibility index (Phi) is 5.91. The van der Waals surface area contributed by atoms with Gasteiger partial charge in [0.05, 0.1) is 18.9 Å². The number of hydrogen-bond acceptors (Lipinski definition) is 7. The molecule has 144 valence electrons. The third-order valence-corrected chi connectivity index (χ3v) is 5.51. The van der Waals surface area contributed by atoms with Crippen molar-refractivity contribution >= 4 is 34.4 Å². The summed E-state index contributed by atoms with van der Waals surface area (Å²) in [5.74, 6) is -1.60. The lowest BCUT2D eigenvalue weighted by molar-refractivity contribution is -0.136. The van der Waals surface area contributed by atoms with E-state index >= 15 is 0 Å². The number of benzene rings is 1. The minimum Gasteiger partial charge on any atom is -0.504 e. The molecular formula is C19H18N4O4S. The van der Waals surface area contributed by atoms with Crippen molar-refractivity contribution in [2.45, 2.75) is 25.7 Å². The van der Waals surface area contributed by atoms with Crippen LogP contribution in [0, 0.1) is 11.3 Å². The quantitative estimate of drug-likeness (QED) is 0.414. The number of hydrogen-bond donors (Lipinski definition) is 3. The van der Waals surface area contributed by atoms with Crippen molar-refractivity contribution in [2.75, 3.05) is 12.4 Å². The molecule has 0 unspecified atom stereocenters. The van der Waals surface area contributed by atoms with Crippen LogP contribution in [-0.2, 0) is 22.4 Å². The van der Waals surface area contributed by atoms with Gasteiger partial charge in [-0.1, -0.05) is 0 Å². The summed E-state index contributed by atoms with van der Waals surface area (Å²) < 4.78 is 4.99. The van der Waals surface area contributed by atoms with Gasteiger partial charge in [-0.25, -0.2) is 5.43 Å². The smallest absolute Gasteiger partial charge is 0.329 e. The number of amides is 2. The SMILES string of the molecule is COc1cc(/C=N/NC(=O)C(=O)Nc2sc3c(c2C#N)CCCC3)ccc1O. The first kappa shape index (κ1) is 19.4. The number of fused-ring (bicyclic) bond motifs is 1. The molecule has 1 heterocycles. The summed E-state index contributed by atoms with van der Waals surface area (Å²) in [5.41, 5.74) is 4.13. The molecule has 3 rings (SSSR count). The number of aryl methyl sites for hydroxylation is 1. The van der Waals surface area contributed by atoms with Gasteiger partial charge < -0.3 is 15.2 Å². The van der Waals surface area contributed by atoms with Crippen molar-refractivity contribution < 1.29 is 19.4 Å². The number of rotatable bonds is 4. The molecule has 1 aliphatic rings. The number of phenols is 1. The van der Waals surface area contributed by atoms with Crippen LogP contribution >= 0.6 is 11.3 Å². The summed E-state index contributed by atoms with van der Waals surface area (Å²) >= 11 is 1.35. The predicted molar refractivity (Wildman–Crippen MR) is 105 cm³/mol. The zero-order valence-corrected chi connectivity index (χ0v) is 15.9. The second kappa shape index (κ2) is 8.54. The Morgan fingerprint density at radius 2 is 2.11 bits per heavy atom. The van der Waals surface area contributed by atoms with Crippen molar-refractivity contribution in [3.05, 3.63) is 39.8 Å². The fourth-order valence-corrected chi connectivity index (χ4v) is 4.16. The molecule has 9 heteroatoms. The molecule has 0 saturated carbocycles. The Balaban J connectivity index is 1.63. The lowest BCUT2D eigenvalue weighted by Gasteiger charge is -2.09. The summed E-state index contributed by atoms with van der Waals surface area (Å²) in [6.07, 6.45) is 5.10. The molecule has 8 nitrogen and oxygen atoms in total. The van der Waals surface area contributed by atoms with Gasteiger partial charge in [0, 0.05) is 4.88 Å². The molecule has 0 fully saturated rings. The normalized spacial score (nSPS) is 12.9. The second-order valence-electron chi connectivity index (χ2n) is 6.11. The molecule has 3 N–H and O–H groups in total. The van der Waals surface area contributed by atoms with Gasteiger partial charge in [0.2, 0.25) is 0 Å². The fourth-order valence-electron chi connectivity index (χ4n) is 2.92. The van der Waals surface area contributed by atoms with Crippen molar-refractivity contribution in [1.29, 1.82) is 5.26 Å². The highest BCUT2D eigenvalue weighted by Gasteiger charge is 2.23. The minimum atomic E-state index is -0.947. The summed E-state index contributed by atoms with van der Waals surface area (Å²) in [6.45, 7) is 0. The number of hydrazone groups is 1. The zero-order valence-electron chi connectivity index (χ0n) is 15.1. The van der Waals surface area contributed by atoms with Crippen LogP contribution in [-0.4, -0.2) is 30.2 Å². The number of carbonyl (C=O) groups excluding carboxylic acids is 2. The third-order valence-electron chi connectivity index (χ3n) is 4.30. The van der Waals surface area contributed by atoms with Gasteiger partial charge in [0.15, 0.2) is 11.5 Å². The van der Waals surface area contributed by atoms with Crippen molar-refractivity contribution in [3.63, 3.8) is 0 Å². The molecule has 0 spiro atoms. The highest BCUT2D eigenvalue weighted by molar-refractivity contribution is 7.16. The van der Waals surface area contributed by atoms with Crippen LogP contribution in [0.25, 0.3) is 0 Å². The Labute approximate surface area is 165 Å². The molecule has 28 heavy (non-hydrogen) atoms. The van der Waals surface area contributed by atoms with Crippen molar-refractivity contribution in [2.24, 2.45) is 5.10 Å². The molecular weight excluding hydrogens is 380 g/mol. The maximum Gasteiger partial charge on any atom is 0.329 e. The molecule has 2 aromatic rings. The number of methoxy groups -OCH3 is 1. The van der Waals surface area contributed by atoms with E-state index in [0.29, 0.717) is 16.1 Å². The molecule has 1 aromatic heterocycles. The van der Waals surface area contributed by atoms with E-state index in [4.69, 9.17) is 4.74 Å². The largest absolute Gasteiger partial charge is 0.504 e. The maximum atomic E-state index is 12.1. The fraction of sp³-hybridized carbons (Fsp3) is 0.263. The Morgan fingerprint density at radius 3 is 2.86 bits per heavy atom. The van der Waals surface area contributed by atoms with Crippen LogP contribution in [0.2, 0.25) is 0 Å². The van der Waals surface area contributed by atoms with Gasteiger partial charge in [-0.2, -0.15) is 10.4 Å². The molecule has 1 aromatic carbocycles. The molecule has 0 atom stereocenters. The number of nitrogens with one attached hydrogen (secondary N) is 2. The van der Waals surface area contributed by atoms with E-state index in [1.54, 1.807) is 6.07 Å². The first-order valence-corrected chi connectivity index (χ1v) is 9.41.